The number of nitrogens with zero attached hydrogens (tertiary/aromatic N) is 1. The Morgan fingerprint density at radius 3 is 2.94 bits per heavy atom. The molecular weight excluding hydrogens is 256 g/mol. The Hall–Kier alpha value is -1.52. The van der Waals surface area contributed by atoms with Crippen molar-refractivity contribution in [1.82, 2.24) is 9.97 Å². The molecule has 1 N–H and O–H groups in total. The third-order valence-corrected chi connectivity index (χ3v) is 3.87. The van der Waals surface area contributed by atoms with Crippen LogP contribution in [0.4, 0.5) is 0 Å². The van der Waals surface area contributed by atoms with Crippen LogP contribution in [0.2, 0.25) is 5.02 Å². The highest BCUT2D eigenvalue weighted by molar-refractivity contribution is 7.14. The molecule has 0 saturated heterocycles. The van der Waals surface area contributed by atoms with E-state index in [0.717, 1.165) is 32.5 Å². The summed E-state index contributed by atoms with van der Waals surface area (Å²) in [6, 6.07) is 7.61. The summed E-state index contributed by atoms with van der Waals surface area (Å²) in [7, 11) is 1.65. The van der Waals surface area contributed by atoms with E-state index in [1.54, 1.807) is 18.4 Å². The van der Waals surface area contributed by atoms with Crippen LogP contribution in [0.5, 0.6) is 5.75 Å². The van der Waals surface area contributed by atoms with Crippen molar-refractivity contribution in [2.24, 2.45) is 0 Å². The lowest BCUT2D eigenvalue weighted by Crippen LogP contribution is -1.81. The summed E-state index contributed by atoms with van der Waals surface area (Å²) in [4.78, 5) is 8.71. The van der Waals surface area contributed by atoms with Gasteiger partial charge in [0.05, 0.1) is 28.0 Å². The van der Waals surface area contributed by atoms with Crippen molar-refractivity contribution in [2.75, 3.05) is 7.11 Å². The molecule has 17 heavy (non-hydrogen) atoms. The fraction of sp³-hybridized carbons (Fsp3) is 0.0833. The van der Waals surface area contributed by atoms with Crippen molar-refractivity contribution < 1.29 is 4.74 Å². The molecule has 2 heterocycles. The zero-order chi connectivity index (χ0) is 11.8. The number of ether oxygens (including phenoxy) is 1. The molecule has 0 spiro atoms. The molecule has 0 unspecified atom stereocenters. The van der Waals surface area contributed by atoms with Gasteiger partial charge in [0.25, 0.3) is 0 Å². The van der Waals surface area contributed by atoms with Gasteiger partial charge in [-0.25, -0.2) is 4.98 Å². The fourth-order valence-corrected chi connectivity index (χ4v) is 2.78. The summed E-state index contributed by atoms with van der Waals surface area (Å²) in [5.41, 5.74) is 1.86. The lowest BCUT2D eigenvalue weighted by atomic mass is 10.3. The highest BCUT2D eigenvalue weighted by Gasteiger charge is 2.10. The Bertz CT molecular complexity index is 674. The average Bonchev–Trinajstić information content (AvgIpc) is 2.93. The smallest absolute Gasteiger partial charge is 0.150 e. The third kappa shape index (κ3) is 1.79. The Morgan fingerprint density at radius 1 is 1.35 bits per heavy atom. The van der Waals surface area contributed by atoms with Gasteiger partial charge >= 0.3 is 0 Å². The van der Waals surface area contributed by atoms with Crippen LogP contribution in [0, 0.1) is 0 Å². The molecule has 2 aromatic heterocycles. The molecule has 86 valence electrons. The van der Waals surface area contributed by atoms with Gasteiger partial charge in [0.1, 0.15) is 11.6 Å². The van der Waals surface area contributed by atoms with E-state index < -0.39 is 0 Å². The molecule has 1 aromatic carbocycles. The van der Waals surface area contributed by atoms with Crippen LogP contribution in [0.15, 0.2) is 29.6 Å². The number of H-pyrrole nitrogens is 1. The summed E-state index contributed by atoms with van der Waals surface area (Å²) < 4.78 is 5.17. The second-order valence-corrected chi connectivity index (χ2v) is 4.89. The minimum atomic E-state index is 0.723. The number of rotatable bonds is 2. The quantitative estimate of drug-likeness (QED) is 0.761. The van der Waals surface area contributed by atoms with Crippen molar-refractivity contribution >= 4 is 34.0 Å². The zero-order valence-electron chi connectivity index (χ0n) is 9.03. The van der Waals surface area contributed by atoms with E-state index in [1.807, 2.05) is 29.6 Å². The number of halogens is 1. The molecule has 0 fully saturated rings. The molecule has 0 radical (unpaired) electrons. The van der Waals surface area contributed by atoms with E-state index in [9.17, 15) is 0 Å². The van der Waals surface area contributed by atoms with E-state index in [1.165, 1.54) is 0 Å². The summed E-state index contributed by atoms with van der Waals surface area (Å²) in [6.07, 6.45) is 0. The third-order valence-electron chi connectivity index (χ3n) is 2.52. The number of aromatic nitrogens is 2. The Balaban J connectivity index is 2.17. The lowest BCUT2D eigenvalue weighted by Gasteiger charge is -1.96. The van der Waals surface area contributed by atoms with Crippen molar-refractivity contribution in [3.8, 4) is 16.5 Å². The predicted molar refractivity (Wildman–Crippen MR) is 71.0 cm³/mol. The molecule has 0 aliphatic carbocycles. The highest BCUT2D eigenvalue weighted by Crippen LogP contribution is 2.32. The largest absolute Gasteiger partial charge is 0.497 e. The molecule has 0 saturated carbocycles. The van der Waals surface area contributed by atoms with Crippen LogP contribution in [0.3, 0.4) is 0 Å². The summed E-state index contributed by atoms with van der Waals surface area (Å²) in [5, 5.41) is 2.67. The first kappa shape index (κ1) is 10.6. The number of aromatic amines is 1. The molecule has 3 rings (SSSR count). The van der Waals surface area contributed by atoms with Gasteiger partial charge in [-0.2, -0.15) is 0 Å². The molecule has 0 amide bonds. The topological polar surface area (TPSA) is 37.9 Å². The first-order valence-electron chi connectivity index (χ1n) is 5.05. The van der Waals surface area contributed by atoms with Crippen LogP contribution in [-0.4, -0.2) is 17.1 Å². The fourth-order valence-electron chi connectivity index (χ4n) is 1.69. The van der Waals surface area contributed by atoms with E-state index in [2.05, 4.69) is 9.97 Å². The Morgan fingerprint density at radius 2 is 2.24 bits per heavy atom. The first-order chi connectivity index (χ1) is 8.28. The molecule has 0 aliphatic rings. The molecule has 5 heteroatoms. The minimum Gasteiger partial charge on any atom is -0.497 e. The molecule has 0 aliphatic heterocycles. The number of nitrogens with one attached hydrogen (secondary N) is 1. The second-order valence-electron chi connectivity index (χ2n) is 3.57. The molecule has 0 bridgehead atoms. The van der Waals surface area contributed by atoms with Gasteiger partial charge in [0.2, 0.25) is 0 Å². The van der Waals surface area contributed by atoms with E-state index >= 15 is 0 Å². The van der Waals surface area contributed by atoms with Gasteiger partial charge in [-0.3, -0.25) is 0 Å². The van der Waals surface area contributed by atoms with Gasteiger partial charge in [-0.1, -0.05) is 11.6 Å². The van der Waals surface area contributed by atoms with Crippen molar-refractivity contribution in [3.63, 3.8) is 0 Å². The highest BCUT2D eigenvalue weighted by atomic mass is 35.5. The Labute approximate surface area is 107 Å². The standard InChI is InChI=1S/C12H9ClN2OS/c1-16-7-2-3-9-10(6-7)15-12(14-9)11-8(13)4-5-17-11/h2-6H,1H3,(H,14,15). The normalized spacial score (nSPS) is 10.9. The minimum absolute atomic E-state index is 0.723. The van der Waals surface area contributed by atoms with Crippen LogP contribution in [0.25, 0.3) is 21.7 Å². The number of imidazole rings is 1. The van der Waals surface area contributed by atoms with Gasteiger partial charge in [-0.05, 0) is 23.6 Å². The first-order valence-corrected chi connectivity index (χ1v) is 6.31. The summed E-state index contributed by atoms with van der Waals surface area (Å²) >= 11 is 7.66. The molecule has 0 atom stereocenters. The van der Waals surface area contributed by atoms with Gasteiger partial charge in [0.15, 0.2) is 0 Å². The average molecular weight is 265 g/mol. The predicted octanol–water partition coefficient (Wildman–Crippen LogP) is 3.95. The second kappa shape index (κ2) is 4.05. The van der Waals surface area contributed by atoms with Crippen LogP contribution < -0.4 is 4.74 Å². The summed E-state index contributed by atoms with van der Waals surface area (Å²) in [6.45, 7) is 0. The SMILES string of the molecule is COc1ccc2nc(-c3sccc3Cl)[nH]c2c1. The Kier molecular flexibility index (Phi) is 2.53. The number of thiophene rings is 1. The van der Waals surface area contributed by atoms with Crippen LogP contribution in [-0.2, 0) is 0 Å². The van der Waals surface area contributed by atoms with E-state index in [4.69, 9.17) is 16.3 Å². The molecular formula is C12H9ClN2OS. The maximum Gasteiger partial charge on any atom is 0.150 e. The molecule has 3 aromatic rings. The van der Waals surface area contributed by atoms with Crippen LogP contribution >= 0.6 is 22.9 Å². The number of hydrogen-bond acceptors (Lipinski definition) is 3. The maximum absolute atomic E-state index is 6.09. The lowest BCUT2D eigenvalue weighted by molar-refractivity contribution is 0.415. The number of methoxy groups -OCH3 is 1. The monoisotopic (exact) mass is 264 g/mol. The van der Waals surface area contributed by atoms with Gasteiger partial charge in [-0.15, -0.1) is 11.3 Å². The maximum atomic E-state index is 6.09. The molecule has 3 nitrogen and oxygen atoms in total. The number of benzene rings is 1. The number of fused-ring (bicyclic) bond motifs is 1. The number of hydrogen-bond donors (Lipinski definition) is 1. The zero-order valence-corrected chi connectivity index (χ0v) is 10.6. The summed E-state index contributed by atoms with van der Waals surface area (Å²) in [5.74, 6) is 1.61. The van der Waals surface area contributed by atoms with Crippen molar-refractivity contribution in [1.29, 1.82) is 0 Å². The van der Waals surface area contributed by atoms with Gasteiger partial charge < -0.3 is 9.72 Å². The van der Waals surface area contributed by atoms with Crippen molar-refractivity contribution in [2.45, 2.75) is 0 Å². The van der Waals surface area contributed by atoms with Crippen LogP contribution in [0.1, 0.15) is 0 Å². The van der Waals surface area contributed by atoms with Crippen molar-refractivity contribution in [3.05, 3.63) is 34.7 Å². The van der Waals surface area contributed by atoms with E-state index in [-0.39, 0.29) is 0 Å². The van der Waals surface area contributed by atoms with Gasteiger partial charge in [0, 0.05) is 6.07 Å². The van der Waals surface area contributed by atoms with E-state index in [0.29, 0.717) is 0 Å².